The van der Waals surface area contributed by atoms with Gasteiger partial charge >= 0.3 is 6.09 Å². The Balaban J connectivity index is 1.16. The van der Waals surface area contributed by atoms with Crippen LogP contribution in [0.1, 0.15) is 68.3 Å². The molecule has 2 saturated carbocycles. The first kappa shape index (κ1) is 20.4. The summed E-state index contributed by atoms with van der Waals surface area (Å²) in [7, 11) is 0. The molecular formula is C23H28FN7O2. The number of hydrogen-bond acceptors (Lipinski definition) is 6. The lowest BCUT2D eigenvalue weighted by atomic mass is 9.97. The topological polar surface area (TPSA) is 109 Å². The highest BCUT2D eigenvalue weighted by molar-refractivity contribution is 5.76. The van der Waals surface area contributed by atoms with Gasteiger partial charge in [0, 0.05) is 41.2 Å². The fraction of sp³-hybridized carbons (Fsp3) is 0.565. The van der Waals surface area contributed by atoms with Gasteiger partial charge in [-0.25, -0.2) is 18.7 Å². The Hall–Kier alpha value is -3.17. The fourth-order valence-electron chi connectivity index (χ4n) is 5.07. The van der Waals surface area contributed by atoms with Crippen molar-refractivity contribution in [2.45, 2.75) is 82.0 Å². The van der Waals surface area contributed by atoms with Gasteiger partial charge in [-0.3, -0.25) is 5.10 Å². The van der Waals surface area contributed by atoms with Gasteiger partial charge < -0.3 is 15.4 Å². The highest BCUT2D eigenvalue weighted by atomic mass is 19.1. The van der Waals surface area contributed by atoms with E-state index in [2.05, 4.69) is 25.8 Å². The Morgan fingerprint density at radius 3 is 3.00 bits per heavy atom. The van der Waals surface area contributed by atoms with Crippen LogP contribution < -0.4 is 10.6 Å². The van der Waals surface area contributed by atoms with Crippen molar-refractivity contribution in [1.82, 2.24) is 30.1 Å². The number of anilines is 2. The normalized spacial score (nSPS) is 25.6. The molecule has 3 aliphatic carbocycles. The number of aromatic nitrogens is 5. The molecule has 3 aromatic heterocycles. The third-order valence-corrected chi connectivity index (χ3v) is 7.23. The van der Waals surface area contributed by atoms with E-state index in [0.29, 0.717) is 30.2 Å². The molecule has 3 atom stereocenters. The van der Waals surface area contributed by atoms with Gasteiger partial charge in [-0.15, -0.1) is 0 Å². The lowest BCUT2D eigenvalue weighted by Crippen LogP contribution is -2.38. The van der Waals surface area contributed by atoms with Crippen molar-refractivity contribution in [3.63, 3.8) is 0 Å². The highest BCUT2D eigenvalue weighted by Crippen LogP contribution is 2.39. The Morgan fingerprint density at radius 1 is 1.30 bits per heavy atom. The number of rotatable bonds is 5. The summed E-state index contributed by atoms with van der Waals surface area (Å²) < 4.78 is 22.4. The van der Waals surface area contributed by atoms with E-state index < -0.39 is 24.3 Å². The van der Waals surface area contributed by atoms with Gasteiger partial charge in [0.1, 0.15) is 17.8 Å². The summed E-state index contributed by atoms with van der Waals surface area (Å²) in [6.07, 6.45) is 8.25. The smallest absolute Gasteiger partial charge is 0.407 e. The predicted octanol–water partition coefficient (Wildman–Crippen LogP) is 3.94. The van der Waals surface area contributed by atoms with Crippen molar-refractivity contribution < 1.29 is 13.9 Å². The standard InChI is InChI=1S/C23H28FN7O2/c1-23(8-9-23)27-22(32)33-17-7-6-13(19(17)24)16-12-18(29-28-16)26-21-20-14-4-2-3-5-15(14)30-31(20)11-10-25-21/h10-13,17,19H,2-9H2,1H3,(H,27,32)(H2,25,26,28,29)/t13-,17-,19-/m0/s1. The zero-order chi connectivity index (χ0) is 22.6. The maximum atomic E-state index is 15.1. The monoisotopic (exact) mass is 453 g/mol. The van der Waals surface area contributed by atoms with E-state index in [1.165, 1.54) is 5.56 Å². The third kappa shape index (κ3) is 3.81. The molecule has 0 spiro atoms. The van der Waals surface area contributed by atoms with Crippen LogP contribution in [0.25, 0.3) is 5.52 Å². The number of amides is 1. The lowest BCUT2D eigenvalue weighted by molar-refractivity contribution is 0.0546. The van der Waals surface area contributed by atoms with Crippen LogP contribution in [-0.4, -0.2) is 48.7 Å². The Morgan fingerprint density at radius 2 is 2.15 bits per heavy atom. The molecular weight excluding hydrogens is 425 g/mol. The number of nitrogens with zero attached hydrogens (tertiary/aromatic N) is 4. The van der Waals surface area contributed by atoms with Crippen LogP contribution in [0.3, 0.4) is 0 Å². The second-order valence-corrected chi connectivity index (χ2v) is 9.79. The number of carbonyl (C=O) groups excluding carboxylic acids is 1. The Labute approximate surface area is 190 Å². The van der Waals surface area contributed by atoms with E-state index in [1.807, 2.05) is 23.7 Å². The fourth-order valence-corrected chi connectivity index (χ4v) is 5.07. The van der Waals surface area contributed by atoms with E-state index in [4.69, 9.17) is 9.84 Å². The molecule has 0 aliphatic heterocycles. The summed E-state index contributed by atoms with van der Waals surface area (Å²) >= 11 is 0. The number of alkyl carbamates (subject to hydrolysis) is 1. The maximum absolute atomic E-state index is 15.1. The molecule has 9 nitrogen and oxygen atoms in total. The van der Waals surface area contributed by atoms with Crippen LogP contribution in [0.2, 0.25) is 0 Å². The molecule has 0 saturated heterocycles. The molecule has 3 aromatic rings. The molecule has 3 N–H and O–H groups in total. The van der Waals surface area contributed by atoms with Gasteiger partial charge in [0.15, 0.2) is 11.6 Å². The zero-order valence-corrected chi connectivity index (χ0v) is 18.6. The molecule has 2 fully saturated rings. The second-order valence-electron chi connectivity index (χ2n) is 9.79. The number of fused-ring (bicyclic) bond motifs is 3. The number of hydrogen-bond donors (Lipinski definition) is 3. The van der Waals surface area contributed by atoms with Crippen LogP contribution in [0.4, 0.5) is 20.8 Å². The van der Waals surface area contributed by atoms with E-state index >= 15 is 4.39 Å². The first-order valence-electron chi connectivity index (χ1n) is 11.8. The van der Waals surface area contributed by atoms with Crippen molar-refractivity contribution >= 4 is 23.2 Å². The average Bonchev–Trinajstić information content (AvgIpc) is 3.13. The quantitative estimate of drug-likeness (QED) is 0.540. The largest absolute Gasteiger partial charge is 0.443 e. The second kappa shape index (κ2) is 7.71. The minimum atomic E-state index is -1.28. The van der Waals surface area contributed by atoms with Gasteiger partial charge in [-0.1, -0.05) is 0 Å². The third-order valence-electron chi connectivity index (χ3n) is 7.23. The number of H-pyrrole nitrogens is 1. The number of aromatic amines is 1. The van der Waals surface area contributed by atoms with Crippen molar-refractivity contribution in [2.24, 2.45) is 0 Å². The van der Waals surface area contributed by atoms with Gasteiger partial charge in [-0.05, 0) is 58.3 Å². The molecule has 1 amide bonds. The Kier molecular flexibility index (Phi) is 4.77. The molecule has 0 radical (unpaired) electrons. The molecule has 0 aromatic carbocycles. The number of nitrogens with one attached hydrogen (secondary N) is 3. The van der Waals surface area contributed by atoms with Crippen molar-refractivity contribution in [1.29, 1.82) is 0 Å². The summed E-state index contributed by atoms with van der Waals surface area (Å²) in [6.45, 7) is 1.97. The Bertz CT molecular complexity index is 1200. The van der Waals surface area contributed by atoms with Crippen molar-refractivity contribution in [3.8, 4) is 0 Å². The molecule has 0 bridgehead atoms. The number of ether oxygens (including phenoxy) is 1. The van der Waals surface area contributed by atoms with Crippen LogP contribution in [0.15, 0.2) is 18.5 Å². The molecule has 3 heterocycles. The van der Waals surface area contributed by atoms with Crippen LogP contribution in [0, 0.1) is 0 Å². The highest BCUT2D eigenvalue weighted by Gasteiger charge is 2.43. The van der Waals surface area contributed by atoms with E-state index in [1.54, 1.807) is 6.20 Å². The maximum Gasteiger partial charge on any atom is 0.407 e. The molecule has 0 unspecified atom stereocenters. The number of aryl methyl sites for hydroxylation is 2. The summed E-state index contributed by atoms with van der Waals surface area (Å²) in [4.78, 5) is 16.6. The van der Waals surface area contributed by atoms with Crippen LogP contribution in [-0.2, 0) is 17.6 Å². The summed E-state index contributed by atoms with van der Waals surface area (Å²) in [6, 6.07) is 1.82. The van der Waals surface area contributed by atoms with Crippen LogP contribution >= 0.6 is 0 Å². The van der Waals surface area contributed by atoms with E-state index in [-0.39, 0.29) is 5.54 Å². The average molecular weight is 454 g/mol. The summed E-state index contributed by atoms with van der Waals surface area (Å²) in [5, 5.41) is 18.1. The van der Waals surface area contributed by atoms with E-state index in [9.17, 15) is 4.79 Å². The SMILES string of the molecule is CC1(NC(=O)O[C@H]2CC[C@@H](c3cc(Nc4nccn5nc6c(c45)CCCC6)n[nH]3)[C@@H]2F)CC1. The minimum Gasteiger partial charge on any atom is -0.443 e. The molecule has 33 heavy (non-hydrogen) atoms. The first-order chi connectivity index (χ1) is 16.0. The zero-order valence-electron chi connectivity index (χ0n) is 18.6. The van der Waals surface area contributed by atoms with Crippen molar-refractivity contribution in [3.05, 3.63) is 35.4 Å². The van der Waals surface area contributed by atoms with Crippen LogP contribution in [0.5, 0.6) is 0 Å². The number of halogens is 1. The summed E-state index contributed by atoms with van der Waals surface area (Å²) in [5.41, 5.74) is 3.86. The van der Waals surface area contributed by atoms with Gasteiger partial charge in [0.2, 0.25) is 0 Å². The van der Waals surface area contributed by atoms with E-state index in [0.717, 1.165) is 49.7 Å². The predicted molar refractivity (Wildman–Crippen MR) is 119 cm³/mol. The van der Waals surface area contributed by atoms with Gasteiger partial charge in [-0.2, -0.15) is 10.2 Å². The minimum absolute atomic E-state index is 0.184. The summed E-state index contributed by atoms with van der Waals surface area (Å²) in [5.74, 6) is 0.877. The van der Waals surface area contributed by atoms with Gasteiger partial charge in [0.05, 0.1) is 5.69 Å². The van der Waals surface area contributed by atoms with Crippen molar-refractivity contribution in [2.75, 3.05) is 5.32 Å². The van der Waals surface area contributed by atoms with Gasteiger partial charge in [0.25, 0.3) is 0 Å². The number of alkyl halides is 1. The lowest BCUT2D eigenvalue weighted by Gasteiger charge is -2.19. The molecule has 174 valence electrons. The molecule has 6 rings (SSSR count). The first-order valence-corrected chi connectivity index (χ1v) is 11.8. The molecule has 10 heteroatoms. The molecule has 3 aliphatic rings. The number of carbonyl (C=O) groups is 1.